The average molecular weight is 390 g/mol. The number of carbonyl (C=O) groups excluding carboxylic acids is 1. The Hall–Kier alpha value is -2.52. The number of sulfone groups is 1. The van der Waals surface area contributed by atoms with Crippen molar-refractivity contribution in [1.82, 2.24) is 9.97 Å². The second-order valence-corrected chi connectivity index (χ2v) is 8.61. The summed E-state index contributed by atoms with van der Waals surface area (Å²) in [4.78, 5) is 22.3. The highest BCUT2D eigenvalue weighted by atomic mass is 32.2. The molecule has 2 heterocycles. The van der Waals surface area contributed by atoms with E-state index in [2.05, 4.69) is 20.2 Å². The third-order valence-electron chi connectivity index (χ3n) is 3.97. The van der Waals surface area contributed by atoms with E-state index in [-0.39, 0.29) is 11.7 Å². The van der Waals surface area contributed by atoms with E-state index < -0.39 is 9.84 Å². The van der Waals surface area contributed by atoms with E-state index in [1.165, 1.54) is 13.2 Å². The minimum atomic E-state index is -3.22. The first-order valence-electron chi connectivity index (χ1n) is 8.56. The van der Waals surface area contributed by atoms with Gasteiger partial charge in [-0.3, -0.25) is 4.79 Å². The molecule has 1 aliphatic heterocycles. The van der Waals surface area contributed by atoms with E-state index in [0.29, 0.717) is 49.3 Å². The molecule has 0 saturated carbocycles. The fraction of sp³-hybridized carbons (Fsp3) is 0.389. The Morgan fingerprint density at radius 3 is 2.44 bits per heavy atom. The van der Waals surface area contributed by atoms with Gasteiger partial charge >= 0.3 is 0 Å². The molecule has 1 aromatic carbocycles. The molecule has 1 saturated heterocycles. The molecule has 0 radical (unpaired) electrons. The number of morpholine rings is 1. The van der Waals surface area contributed by atoms with Crippen molar-refractivity contribution >= 4 is 27.2 Å². The summed E-state index contributed by atoms with van der Waals surface area (Å²) in [6.45, 7) is 4.03. The van der Waals surface area contributed by atoms with Crippen molar-refractivity contribution in [3.63, 3.8) is 0 Å². The van der Waals surface area contributed by atoms with E-state index in [1.54, 1.807) is 30.3 Å². The lowest BCUT2D eigenvalue weighted by Gasteiger charge is -2.28. The molecule has 2 aromatic rings. The summed E-state index contributed by atoms with van der Waals surface area (Å²) in [7, 11) is -3.22. The zero-order chi connectivity index (χ0) is 19.4. The molecule has 1 N–H and O–H groups in total. The van der Waals surface area contributed by atoms with Crippen molar-refractivity contribution in [2.24, 2.45) is 0 Å². The Balaban J connectivity index is 1.97. The lowest BCUT2D eigenvalue weighted by atomic mass is 10.2. The number of nitrogens with one attached hydrogen (secondary N) is 1. The van der Waals surface area contributed by atoms with E-state index in [9.17, 15) is 13.2 Å². The Kier molecular flexibility index (Phi) is 5.71. The highest BCUT2D eigenvalue weighted by Gasteiger charge is 2.17. The third kappa shape index (κ3) is 5.48. The highest BCUT2D eigenvalue weighted by molar-refractivity contribution is 7.89. The van der Waals surface area contributed by atoms with Gasteiger partial charge in [-0.2, -0.15) is 0 Å². The standard InChI is InChI=1S/C18H22N4O4S/c1-13(23)19-15-5-3-14(4-6-15)18-20-16(12-27(2,24)25)11-17(21-18)22-7-9-26-10-8-22/h3-6,11H,7-10,12H2,1-2H3,(H,19,23). The van der Waals surface area contributed by atoms with Gasteiger partial charge in [-0.1, -0.05) is 0 Å². The number of amides is 1. The molecule has 0 unspecified atom stereocenters. The maximum Gasteiger partial charge on any atom is 0.221 e. The minimum absolute atomic E-state index is 0.149. The first-order chi connectivity index (χ1) is 12.8. The van der Waals surface area contributed by atoms with Crippen LogP contribution in [0.1, 0.15) is 12.6 Å². The van der Waals surface area contributed by atoms with Crippen molar-refractivity contribution in [2.45, 2.75) is 12.7 Å². The van der Waals surface area contributed by atoms with Crippen molar-refractivity contribution in [1.29, 1.82) is 0 Å². The van der Waals surface area contributed by atoms with E-state index in [0.717, 1.165) is 5.56 Å². The summed E-state index contributed by atoms with van der Waals surface area (Å²) in [5.41, 5.74) is 1.87. The predicted molar refractivity (Wildman–Crippen MR) is 103 cm³/mol. The zero-order valence-electron chi connectivity index (χ0n) is 15.3. The van der Waals surface area contributed by atoms with Crippen LogP contribution in [0, 0.1) is 0 Å². The molecular formula is C18H22N4O4S. The highest BCUT2D eigenvalue weighted by Crippen LogP contribution is 2.23. The van der Waals surface area contributed by atoms with E-state index in [1.807, 2.05) is 0 Å². The Labute approximate surface area is 158 Å². The van der Waals surface area contributed by atoms with Gasteiger partial charge in [0.05, 0.1) is 24.7 Å². The maximum absolute atomic E-state index is 11.7. The number of carbonyl (C=O) groups is 1. The smallest absolute Gasteiger partial charge is 0.221 e. The fourth-order valence-corrected chi connectivity index (χ4v) is 3.50. The normalized spacial score (nSPS) is 14.8. The molecule has 0 bridgehead atoms. The number of aromatic nitrogens is 2. The summed E-state index contributed by atoms with van der Waals surface area (Å²) in [6, 6.07) is 8.85. The van der Waals surface area contributed by atoms with Crippen LogP contribution in [0.2, 0.25) is 0 Å². The van der Waals surface area contributed by atoms with E-state index >= 15 is 0 Å². The number of hydrogen-bond donors (Lipinski definition) is 1. The molecule has 0 atom stereocenters. The Bertz CT molecular complexity index is 923. The average Bonchev–Trinajstić information content (AvgIpc) is 2.61. The second-order valence-electron chi connectivity index (χ2n) is 6.47. The Morgan fingerprint density at radius 1 is 1.19 bits per heavy atom. The molecule has 8 nitrogen and oxygen atoms in total. The van der Waals surface area contributed by atoms with Crippen molar-refractivity contribution in [3.05, 3.63) is 36.0 Å². The van der Waals surface area contributed by atoms with Gasteiger partial charge in [-0.15, -0.1) is 0 Å². The van der Waals surface area contributed by atoms with Crippen LogP contribution in [-0.4, -0.2) is 56.9 Å². The summed E-state index contributed by atoms with van der Waals surface area (Å²) in [6.07, 6.45) is 1.19. The molecule has 1 amide bonds. The van der Waals surface area contributed by atoms with Crippen LogP contribution in [0.4, 0.5) is 11.5 Å². The summed E-state index contributed by atoms with van der Waals surface area (Å²) < 4.78 is 28.9. The SMILES string of the molecule is CC(=O)Nc1ccc(-c2nc(CS(C)(=O)=O)cc(N3CCOCC3)n2)cc1. The number of nitrogens with zero attached hydrogens (tertiary/aromatic N) is 3. The molecular weight excluding hydrogens is 368 g/mol. The van der Waals surface area contributed by atoms with Gasteiger partial charge in [0.15, 0.2) is 15.7 Å². The van der Waals surface area contributed by atoms with Crippen molar-refractivity contribution in [3.8, 4) is 11.4 Å². The number of ether oxygens (including phenoxy) is 1. The molecule has 1 aromatic heterocycles. The first kappa shape index (κ1) is 19.2. The first-order valence-corrected chi connectivity index (χ1v) is 10.6. The van der Waals surface area contributed by atoms with Crippen LogP contribution in [0.3, 0.4) is 0 Å². The molecule has 1 aliphatic rings. The molecule has 1 fully saturated rings. The van der Waals surface area contributed by atoms with Gasteiger partial charge in [0.2, 0.25) is 5.91 Å². The van der Waals surface area contributed by atoms with Crippen molar-refractivity contribution < 1.29 is 17.9 Å². The Morgan fingerprint density at radius 2 is 1.85 bits per heavy atom. The molecule has 0 spiro atoms. The van der Waals surface area contributed by atoms with Crippen LogP contribution >= 0.6 is 0 Å². The van der Waals surface area contributed by atoms with Gasteiger partial charge in [0.1, 0.15) is 5.82 Å². The van der Waals surface area contributed by atoms with Gasteiger partial charge in [-0.25, -0.2) is 18.4 Å². The van der Waals surface area contributed by atoms with Gasteiger partial charge in [0.25, 0.3) is 0 Å². The van der Waals surface area contributed by atoms with Crippen LogP contribution in [0.15, 0.2) is 30.3 Å². The van der Waals surface area contributed by atoms with Crippen LogP contribution in [-0.2, 0) is 25.1 Å². The topological polar surface area (TPSA) is 101 Å². The number of hydrogen-bond acceptors (Lipinski definition) is 7. The lowest BCUT2D eigenvalue weighted by Crippen LogP contribution is -2.37. The van der Waals surface area contributed by atoms with Gasteiger partial charge < -0.3 is 15.0 Å². The molecule has 9 heteroatoms. The largest absolute Gasteiger partial charge is 0.378 e. The molecule has 0 aliphatic carbocycles. The van der Waals surface area contributed by atoms with Crippen LogP contribution in [0.5, 0.6) is 0 Å². The number of anilines is 2. The number of benzene rings is 1. The maximum atomic E-state index is 11.7. The molecule has 3 rings (SSSR count). The second kappa shape index (κ2) is 8.01. The van der Waals surface area contributed by atoms with Gasteiger partial charge in [0, 0.05) is 43.6 Å². The number of rotatable bonds is 5. The molecule has 144 valence electrons. The van der Waals surface area contributed by atoms with Crippen molar-refractivity contribution in [2.75, 3.05) is 42.8 Å². The van der Waals surface area contributed by atoms with Crippen LogP contribution < -0.4 is 10.2 Å². The van der Waals surface area contributed by atoms with Crippen LogP contribution in [0.25, 0.3) is 11.4 Å². The fourth-order valence-electron chi connectivity index (χ4n) is 2.82. The quantitative estimate of drug-likeness (QED) is 0.825. The third-order valence-corrected chi connectivity index (χ3v) is 4.79. The summed E-state index contributed by atoms with van der Waals surface area (Å²) >= 11 is 0. The summed E-state index contributed by atoms with van der Waals surface area (Å²) in [5.74, 6) is 0.841. The van der Waals surface area contributed by atoms with Gasteiger partial charge in [-0.05, 0) is 24.3 Å². The zero-order valence-corrected chi connectivity index (χ0v) is 16.1. The summed E-state index contributed by atoms with van der Waals surface area (Å²) in [5, 5.41) is 2.71. The van der Waals surface area contributed by atoms with E-state index in [4.69, 9.17) is 4.74 Å². The molecule has 27 heavy (non-hydrogen) atoms. The predicted octanol–water partition coefficient (Wildman–Crippen LogP) is 1.48. The minimum Gasteiger partial charge on any atom is -0.378 e. The monoisotopic (exact) mass is 390 g/mol. The lowest BCUT2D eigenvalue weighted by molar-refractivity contribution is -0.114.